The Hall–Kier alpha value is -1.98. The third-order valence-corrected chi connectivity index (χ3v) is 13.5. The van der Waals surface area contributed by atoms with Crippen LogP contribution in [0.2, 0.25) is 0 Å². The maximum absolute atomic E-state index is 2.53. The molecule has 0 aliphatic heterocycles. The molecule has 0 atom stereocenters. The van der Waals surface area contributed by atoms with Crippen LogP contribution >= 0.6 is 45.3 Å². The predicted molar refractivity (Wildman–Crippen MR) is 163 cm³/mol. The van der Waals surface area contributed by atoms with Crippen molar-refractivity contribution < 1.29 is 0 Å². The third-order valence-electron chi connectivity index (χ3n) is 8.79. The number of rotatable bonds is 2. The maximum atomic E-state index is 2.53. The largest absolute Gasteiger partial charge is 0.144 e. The van der Waals surface area contributed by atoms with E-state index in [2.05, 4.69) is 71.6 Å². The van der Waals surface area contributed by atoms with Gasteiger partial charge in [0.25, 0.3) is 0 Å². The van der Waals surface area contributed by atoms with Crippen LogP contribution < -0.4 is 0 Å². The molecule has 4 heterocycles. The van der Waals surface area contributed by atoms with E-state index in [4.69, 9.17) is 0 Å². The van der Waals surface area contributed by atoms with Gasteiger partial charge in [-0.3, -0.25) is 0 Å². The van der Waals surface area contributed by atoms with Crippen molar-refractivity contribution in [2.45, 2.75) is 65.2 Å². The van der Waals surface area contributed by atoms with Crippen molar-refractivity contribution >= 4 is 79.8 Å². The second-order valence-corrected chi connectivity index (χ2v) is 14.6. The number of fused-ring (bicyclic) bond motifs is 4. The molecule has 4 aromatic heterocycles. The van der Waals surface area contributed by atoms with Gasteiger partial charge in [0.2, 0.25) is 0 Å². The quantitative estimate of drug-likeness (QED) is 0.237. The first-order chi connectivity index (χ1) is 17.7. The molecule has 0 saturated carbocycles. The Morgan fingerprint density at radius 1 is 0.556 bits per heavy atom. The minimum Gasteiger partial charge on any atom is -0.144 e. The van der Waals surface area contributed by atoms with Gasteiger partial charge in [-0.2, -0.15) is 0 Å². The van der Waals surface area contributed by atoms with Crippen molar-refractivity contribution in [1.29, 1.82) is 0 Å². The summed E-state index contributed by atoms with van der Waals surface area (Å²) in [7, 11) is 0. The summed E-state index contributed by atoms with van der Waals surface area (Å²) in [6.07, 6.45) is 14.8. The Kier molecular flexibility index (Phi) is 5.06. The predicted octanol–water partition coefficient (Wildman–Crippen LogP) is 10.3. The smallest absolute Gasteiger partial charge is 0.0346 e. The standard InChI is InChI=1S/C32H28S4/c1-17-23-7-9-25(31(23)35-27(17)15-21-5-3-19-11-13-33-29(19)21)26-10-8-24-18(2)28(36-32(24)26)16-22-6-4-20-12-14-34-30(20)22/h11-16H,3-10H2,1-2H3/b21-15-,22-16+,26-25-. The van der Waals surface area contributed by atoms with Crippen LogP contribution in [0.4, 0.5) is 0 Å². The Labute approximate surface area is 229 Å². The molecule has 0 N–H and O–H groups in total. The molecule has 0 fully saturated rings. The molecule has 0 radical (unpaired) electrons. The molecule has 8 rings (SSSR count). The Bertz CT molecular complexity index is 1530. The molecule has 180 valence electrons. The molecule has 0 spiro atoms. The number of aryl methyl sites for hydroxylation is 2. The molecule has 0 nitrogen and oxygen atoms in total. The van der Waals surface area contributed by atoms with Gasteiger partial charge in [0.05, 0.1) is 0 Å². The van der Waals surface area contributed by atoms with Crippen molar-refractivity contribution in [2.24, 2.45) is 0 Å². The van der Waals surface area contributed by atoms with E-state index in [9.17, 15) is 0 Å². The summed E-state index contributed by atoms with van der Waals surface area (Å²) >= 11 is 8.00. The van der Waals surface area contributed by atoms with Gasteiger partial charge >= 0.3 is 0 Å². The summed E-state index contributed by atoms with van der Waals surface area (Å²) in [4.78, 5) is 9.30. The lowest BCUT2D eigenvalue weighted by molar-refractivity contribution is 1.05. The highest BCUT2D eigenvalue weighted by Crippen LogP contribution is 2.52. The van der Waals surface area contributed by atoms with Crippen LogP contribution in [0.15, 0.2) is 22.9 Å². The molecule has 0 bridgehead atoms. The molecule has 36 heavy (non-hydrogen) atoms. The van der Waals surface area contributed by atoms with E-state index >= 15 is 0 Å². The number of hydrogen-bond acceptors (Lipinski definition) is 4. The van der Waals surface area contributed by atoms with Crippen LogP contribution in [0.5, 0.6) is 0 Å². The second-order valence-electron chi connectivity index (χ2n) is 10.6. The van der Waals surface area contributed by atoms with E-state index in [1.165, 1.54) is 70.9 Å². The molecule has 4 aromatic rings. The fourth-order valence-electron chi connectivity index (χ4n) is 6.79. The Morgan fingerprint density at radius 2 is 1.03 bits per heavy atom. The number of allylic oxidation sites excluding steroid dienone is 4. The van der Waals surface area contributed by atoms with Crippen LogP contribution in [0.3, 0.4) is 0 Å². The lowest BCUT2D eigenvalue weighted by Gasteiger charge is -2.05. The topological polar surface area (TPSA) is 0 Å². The van der Waals surface area contributed by atoms with Gasteiger partial charge in [-0.1, -0.05) is 0 Å². The van der Waals surface area contributed by atoms with Crippen molar-refractivity contribution in [1.82, 2.24) is 0 Å². The van der Waals surface area contributed by atoms with Crippen LogP contribution in [-0.4, -0.2) is 0 Å². The Balaban J connectivity index is 1.18. The molecule has 4 aliphatic carbocycles. The summed E-state index contributed by atoms with van der Waals surface area (Å²) < 4.78 is 0. The summed E-state index contributed by atoms with van der Waals surface area (Å²) in [6, 6.07) is 4.64. The summed E-state index contributed by atoms with van der Waals surface area (Å²) in [5.41, 5.74) is 15.9. The van der Waals surface area contributed by atoms with Gasteiger partial charge in [0.15, 0.2) is 0 Å². The zero-order valence-corrected chi connectivity index (χ0v) is 24.0. The summed E-state index contributed by atoms with van der Waals surface area (Å²) in [5.74, 6) is 0. The minimum atomic E-state index is 1.21. The maximum Gasteiger partial charge on any atom is 0.0346 e. The average Bonchev–Trinajstić information content (AvgIpc) is 3.69. The zero-order valence-electron chi connectivity index (χ0n) is 20.8. The first-order valence-corrected chi connectivity index (χ1v) is 16.6. The summed E-state index contributed by atoms with van der Waals surface area (Å²) in [6.45, 7) is 4.75. The first kappa shape index (κ1) is 22.0. The Morgan fingerprint density at radius 3 is 1.50 bits per heavy atom. The lowest BCUT2D eigenvalue weighted by atomic mass is 10.1. The van der Waals surface area contributed by atoms with Crippen molar-refractivity contribution in [3.8, 4) is 0 Å². The lowest BCUT2D eigenvalue weighted by Crippen LogP contribution is -1.82. The van der Waals surface area contributed by atoms with Crippen LogP contribution in [0.25, 0.3) is 34.4 Å². The SMILES string of the molecule is Cc1c(/C=C2/CCc3ccsc32)sc2c1CC/C2=C1\CCc2c1sc(/C=C1\CCc3ccsc31)c2C. The molecule has 4 heteroatoms. The molecule has 0 unspecified atom stereocenters. The van der Waals surface area contributed by atoms with E-state index in [0.717, 1.165) is 0 Å². The highest BCUT2D eigenvalue weighted by molar-refractivity contribution is 7.16. The molecular formula is C32H28S4. The zero-order chi connectivity index (χ0) is 24.0. The van der Waals surface area contributed by atoms with Gasteiger partial charge in [0.1, 0.15) is 0 Å². The molecule has 0 amide bonds. The first-order valence-electron chi connectivity index (χ1n) is 13.2. The van der Waals surface area contributed by atoms with Crippen LogP contribution in [0, 0.1) is 13.8 Å². The van der Waals surface area contributed by atoms with Gasteiger partial charge < -0.3 is 0 Å². The van der Waals surface area contributed by atoms with Gasteiger partial charge in [-0.25, -0.2) is 0 Å². The highest BCUT2D eigenvalue weighted by Gasteiger charge is 2.31. The highest BCUT2D eigenvalue weighted by atomic mass is 32.1. The number of thiophene rings is 4. The van der Waals surface area contributed by atoms with Crippen molar-refractivity contribution in [3.05, 3.63) is 85.5 Å². The van der Waals surface area contributed by atoms with Gasteiger partial charge in [-0.15, -0.1) is 45.3 Å². The van der Waals surface area contributed by atoms with Gasteiger partial charge in [-0.05, 0) is 156 Å². The molecule has 0 aromatic carbocycles. The van der Waals surface area contributed by atoms with Crippen LogP contribution in [-0.2, 0) is 25.7 Å². The molecule has 4 aliphatic rings. The van der Waals surface area contributed by atoms with Crippen molar-refractivity contribution in [3.63, 3.8) is 0 Å². The average molecular weight is 541 g/mol. The monoisotopic (exact) mass is 540 g/mol. The number of hydrogen-bond donors (Lipinski definition) is 0. The molecule has 0 saturated heterocycles. The fourth-order valence-corrected chi connectivity index (χ4v) is 11.6. The van der Waals surface area contributed by atoms with Gasteiger partial charge in [0, 0.05) is 29.3 Å². The van der Waals surface area contributed by atoms with E-state index < -0.39 is 0 Å². The second kappa shape index (κ2) is 8.26. The minimum absolute atomic E-state index is 1.21. The molecular weight excluding hydrogens is 513 g/mol. The van der Waals surface area contributed by atoms with E-state index in [-0.39, 0.29) is 0 Å². The normalized spacial score (nSPS) is 22.2. The van der Waals surface area contributed by atoms with Crippen LogP contribution in [0.1, 0.15) is 88.3 Å². The third kappa shape index (κ3) is 3.21. The van der Waals surface area contributed by atoms with E-state index in [1.807, 2.05) is 22.7 Å². The van der Waals surface area contributed by atoms with Crippen molar-refractivity contribution in [2.75, 3.05) is 0 Å². The van der Waals surface area contributed by atoms with E-state index in [0.29, 0.717) is 0 Å². The summed E-state index contributed by atoms with van der Waals surface area (Å²) in [5, 5.41) is 4.52. The van der Waals surface area contributed by atoms with E-state index in [1.54, 1.807) is 65.4 Å². The fraction of sp³-hybridized carbons (Fsp3) is 0.312.